The van der Waals surface area contributed by atoms with Crippen LogP contribution in [0.15, 0.2) is 11.0 Å². The Labute approximate surface area is 105 Å². The molecule has 1 N–H and O–H groups in total. The Balaban J connectivity index is 2.26. The second-order valence-electron chi connectivity index (χ2n) is 4.56. The Kier molecular flexibility index (Phi) is 2.54. The third-order valence-corrected chi connectivity index (χ3v) is 4.46. The van der Waals surface area contributed by atoms with Gasteiger partial charge in [0, 0.05) is 13.0 Å². The molecule has 0 aromatic heterocycles. The SMILES string of the molecule is CSc1c(O)cc2c3c1CCC(=O)N3CCC2. The van der Waals surface area contributed by atoms with E-state index >= 15 is 0 Å². The number of hydrogen-bond acceptors (Lipinski definition) is 3. The van der Waals surface area contributed by atoms with Crippen molar-refractivity contribution >= 4 is 23.4 Å². The van der Waals surface area contributed by atoms with E-state index < -0.39 is 0 Å². The van der Waals surface area contributed by atoms with E-state index in [1.54, 1.807) is 11.8 Å². The molecule has 0 saturated carbocycles. The van der Waals surface area contributed by atoms with Crippen molar-refractivity contribution in [1.82, 2.24) is 0 Å². The Bertz CT molecular complexity index is 499. The van der Waals surface area contributed by atoms with Crippen LogP contribution in [-0.4, -0.2) is 23.8 Å². The third-order valence-electron chi connectivity index (χ3n) is 3.60. The predicted molar refractivity (Wildman–Crippen MR) is 68.9 cm³/mol. The van der Waals surface area contributed by atoms with Crippen molar-refractivity contribution in [2.45, 2.75) is 30.6 Å². The highest BCUT2D eigenvalue weighted by molar-refractivity contribution is 7.98. The monoisotopic (exact) mass is 249 g/mol. The summed E-state index contributed by atoms with van der Waals surface area (Å²) < 4.78 is 0. The molecule has 0 saturated heterocycles. The fourth-order valence-electron chi connectivity index (χ4n) is 2.90. The number of amides is 1. The van der Waals surface area contributed by atoms with Gasteiger partial charge in [0.05, 0.1) is 10.6 Å². The summed E-state index contributed by atoms with van der Waals surface area (Å²) in [6.07, 6.45) is 5.28. The second kappa shape index (κ2) is 3.95. The normalized spacial score (nSPS) is 18.2. The summed E-state index contributed by atoms with van der Waals surface area (Å²) in [5.74, 6) is 0.610. The molecule has 2 heterocycles. The molecule has 0 bridgehead atoms. The number of carbonyl (C=O) groups excluding carboxylic acids is 1. The lowest BCUT2D eigenvalue weighted by Gasteiger charge is -2.36. The highest BCUT2D eigenvalue weighted by Crippen LogP contribution is 2.44. The van der Waals surface area contributed by atoms with Gasteiger partial charge < -0.3 is 10.0 Å². The highest BCUT2D eigenvalue weighted by atomic mass is 32.2. The molecular weight excluding hydrogens is 234 g/mol. The maximum Gasteiger partial charge on any atom is 0.227 e. The van der Waals surface area contributed by atoms with E-state index in [1.807, 2.05) is 17.2 Å². The smallest absolute Gasteiger partial charge is 0.227 e. The van der Waals surface area contributed by atoms with Crippen LogP contribution in [0.1, 0.15) is 24.0 Å². The molecular formula is C13H15NO2S. The van der Waals surface area contributed by atoms with Gasteiger partial charge in [0.25, 0.3) is 0 Å². The van der Waals surface area contributed by atoms with E-state index in [1.165, 1.54) is 5.56 Å². The number of hydrogen-bond donors (Lipinski definition) is 1. The molecule has 0 radical (unpaired) electrons. The van der Waals surface area contributed by atoms with Gasteiger partial charge in [-0.15, -0.1) is 11.8 Å². The quantitative estimate of drug-likeness (QED) is 0.777. The summed E-state index contributed by atoms with van der Waals surface area (Å²) in [7, 11) is 0. The first-order chi connectivity index (χ1) is 8.22. The van der Waals surface area contributed by atoms with Crippen LogP contribution in [0.4, 0.5) is 5.69 Å². The number of aromatic hydroxyl groups is 1. The van der Waals surface area contributed by atoms with Crippen LogP contribution in [0.25, 0.3) is 0 Å². The van der Waals surface area contributed by atoms with Crippen LogP contribution < -0.4 is 4.90 Å². The van der Waals surface area contributed by atoms with Gasteiger partial charge in [0.2, 0.25) is 5.91 Å². The Morgan fingerprint density at radius 1 is 1.35 bits per heavy atom. The van der Waals surface area contributed by atoms with Crippen LogP contribution in [0.3, 0.4) is 0 Å². The molecule has 4 heteroatoms. The molecule has 0 unspecified atom stereocenters. The highest BCUT2D eigenvalue weighted by Gasteiger charge is 2.31. The lowest BCUT2D eigenvalue weighted by molar-refractivity contribution is -0.119. The van der Waals surface area contributed by atoms with Crippen molar-refractivity contribution in [3.8, 4) is 5.75 Å². The molecule has 3 rings (SSSR count). The summed E-state index contributed by atoms with van der Waals surface area (Å²) in [5.41, 5.74) is 3.40. The summed E-state index contributed by atoms with van der Waals surface area (Å²) in [6.45, 7) is 0.831. The van der Waals surface area contributed by atoms with Gasteiger partial charge in [0.1, 0.15) is 5.75 Å². The predicted octanol–water partition coefficient (Wildman–Crippen LogP) is 2.34. The van der Waals surface area contributed by atoms with E-state index in [0.717, 1.165) is 42.0 Å². The van der Waals surface area contributed by atoms with E-state index in [4.69, 9.17) is 0 Å². The zero-order valence-electron chi connectivity index (χ0n) is 9.82. The van der Waals surface area contributed by atoms with Crippen LogP contribution in [0.5, 0.6) is 5.75 Å². The van der Waals surface area contributed by atoms with Crippen molar-refractivity contribution in [2.24, 2.45) is 0 Å². The fraction of sp³-hybridized carbons (Fsp3) is 0.462. The molecule has 0 aliphatic carbocycles. The van der Waals surface area contributed by atoms with Gasteiger partial charge in [-0.2, -0.15) is 0 Å². The summed E-state index contributed by atoms with van der Waals surface area (Å²) in [6, 6.07) is 1.84. The van der Waals surface area contributed by atoms with Gasteiger partial charge in [0.15, 0.2) is 0 Å². The van der Waals surface area contributed by atoms with Crippen LogP contribution in [-0.2, 0) is 17.6 Å². The first-order valence-electron chi connectivity index (χ1n) is 5.94. The Morgan fingerprint density at radius 2 is 2.18 bits per heavy atom. The van der Waals surface area contributed by atoms with Gasteiger partial charge in [-0.1, -0.05) is 0 Å². The van der Waals surface area contributed by atoms with Gasteiger partial charge in [-0.3, -0.25) is 4.79 Å². The average Bonchev–Trinajstić information content (AvgIpc) is 2.33. The average molecular weight is 249 g/mol. The van der Waals surface area contributed by atoms with Gasteiger partial charge in [-0.25, -0.2) is 0 Å². The minimum absolute atomic E-state index is 0.233. The zero-order chi connectivity index (χ0) is 12.0. The molecule has 2 aliphatic heterocycles. The number of phenolic OH excluding ortho intramolecular Hbond substituents is 1. The van der Waals surface area contributed by atoms with E-state index in [-0.39, 0.29) is 5.91 Å². The third kappa shape index (κ3) is 1.54. The number of rotatable bonds is 1. The minimum atomic E-state index is 0.233. The number of aryl methyl sites for hydroxylation is 1. The lowest BCUT2D eigenvalue weighted by atomic mass is 9.91. The van der Waals surface area contributed by atoms with Gasteiger partial charge >= 0.3 is 0 Å². The Morgan fingerprint density at radius 3 is 2.94 bits per heavy atom. The molecule has 1 aromatic rings. The van der Waals surface area contributed by atoms with Gasteiger partial charge in [-0.05, 0) is 42.7 Å². The standard InChI is InChI=1S/C13H15NO2S/c1-17-13-9-4-5-11(16)14-6-2-3-8(12(9)14)7-10(13)15/h7,15H,2-6H2,1H3. The molecule has 0 fully saturated rings. The van der Waals surface area contributed by atoms with Crippen LogP contribution in [0.2, 0.25) is 0 Å². The van der Waals surface area contributed by atoms with Crippen LogP contribution in [0, 0.1) is 0 Å². The van der Waals surface area contributed by atoms with Crippen molar-refractivity contribution < 1.29 is 9.90 Å². The molecule has 1 amide bonds. The Hall–Kier alpha value is -1.16. The van der Waals surface area contributed by atoms with E-state index in [0.29, 0.717) is 12.2 Å². The number of anilines is 1. The molecule has 0 atom stereocenters. The number of benzene rings is 1. The summed E-state index contributed by atoms with van der Waals surface area (Å²) in [4.78, 5) is 14.8. The van der Waals surface area contributed by atoms with Crippen molar-refractivity contribution in [2.75, 3.05) is 17.7 Å². The zero-order valence-corrected chi connectivity index (χ0v) is 10.6. The van der Waals surface area contributed by atoms with E-state index in [2.05, 4.69) is 0 Å². The maximum atomic E-state index is 11.9. The van der Waals surface area contributed by atoms with Crippen molar-refractivity contribution in [3.05, 3.63) is 17.2 Å². The number of phenols is 1. The number of carbonyl (C=O) groups is 1. The molecule has 17 heavy (non-hydrogen) atoms. The first-order valence-corrected chi connectivity index (χ1v) is 7.17. The lowest BCUT2D eigenvalue weighted by Crippen LogP contribution is -2.39. The number of thioether (sulfide) groups is 1. The van der Waals surface area contributed by atoms with Crippen molar-refractivity contribution in [1.29, 1.82) is 0 Å². The maximum absolute atomic E-state index is 11.9. The molecule has 1 aromatic carbocycles. The first kappa shape index (κ1) is 11.0. The molecule has 0 spiro atoms. The fourth-order valence-corrected chi connectivity index (χ4v) is 3.61. The number of nitrogens with zero attached hydrogens (tertiary/aromatic N) is 1. The second-order valence-corrected chi connectivity index (χ2v) is 5.38. The molecule has 90 valence electrons. The molecule has 2 aliphatic rings. The summed E-state index contributed by atoms with van der Waals surface area (Å²) >= 11 is 1.57. The van der Waals surface area contributed by atoms with E-state index in [9.17, 15) is 9.90 Å². The molecule has 3 nitrogen and oxygen atoms in total. The van der Waals surface area contributed by atoms with Crippen molar-refractivity contribution in [3.63, 3.8) is 0 Å². The minimum Gasteiger partial charge on any atom is -0.507 e. The summed E-state index contributed by atoms with van der Waals surface area (Å²) in [5, 5.41) is 10.0. The largest absolute Gasteiger partial charge is 0.507 e. The van der Waals surface area contributed by atoms with Crippen LogP contribution >= 0.6 is 11.8 Å². The topological polar surface area (TPSA) is 40.5 Å².